The molecule has 1 heterocycles. The van der Waals surface area contributed by atoms with E-state index in [4.69, 9.17) is 26.1 Å². The van der Waals surface area contributed by atoms with Crippen LogP contribution in [0, 0.1) is 0 Å². The van der Waals surface area contributed by atoms with E-state index in [-0.39, 0.29) is 44.3 Å². The zero-order chi connectivity index (χ0) is 15.3. The van der Waals surface area contributed by atoms with E-state index in [1.165, 1.54) is 0 Å². The second-order valence-electron chi connectivity index (χ2n) is 3.00. The molecule has 0 N–H and O–H groups in total. The molecule has 1 aromatic heterocycles. The molecule has 0 amide bonds. The van der Waals surface area contributed by atoms with Crippen LogP contribution >= 0.6 is 0 Å². The molecule has 1 rings (SSSR count). The van der Waals surface area contributed by atoms with Crippen molar-refractivity contribution in [1.29, 1.82) is 0 Å². The van der Waals surface area contributed by atoms with Gasteiger partial charge in [0.15, 0.2) is 0 Å². The fraction of sp³-hybridized carbons (Fsp3) is 0.571. The predicted octanol–water partition coefficient (Wildman–Crippen LogP) is 2.19. The topological polar surface area (TPSA) is 203 Å². The van der Waals surface area contributed by atoms with Crippen LogP contribution in [0.5, 0.6) is 12.0 Å². The molecule has 0 aliphatic carbocycles. The molecule has 0 fully saturated rings. The summed E-state index contributed by atoms with van der Waals surface area (Å²) in [5.41, 5.74) is 24.6. The van der Waals surface area contributed by atoms with Crippen LogP contribution in [0.4, 0.5) is 5.95 Å². The van der Waals surface area contributed by atoms with Gasteiger partial charge >= 0.3 is 12.0 Å². The molecule has 1 aromatic rings. The summed E-state index contributed by atoms with van der Waals surface area (Å²) in [7, 11) is 0. The van der Waals surface area contributed by atoms with E-state index in [9.17, 15) is 0 Å². The lowest BCUT2D eigenvalue weighted by molar-refractivity contribution is 0.271. The summed E-state index contributed by atoms with van der Waals surface area (Å²) in [5.74, 6) is -0.245. The maximum atomic E-state index is 8.36. The average Bonchev–Trinajstić information content (AvgIpc) is 2.48. The Bertz CT molecular complexity index is 570. The molecule has 0 atom stereocenters. The van der Waals surface area contributed by atoms with Gasteiger partial charge in [-0.05, 0) is 21.7 Å². The van der Waals surface area contributed by atoms with Gasteiger partial charge in [0.05, 0.1) is 26.3 Å². The van der Waals surface area contributed by atoms with Crippen LogP contribution in [0.25, 0.3) is 31.3 Å². The van der Waals surface area contributed by atoms with Crippen molar-refractivity contribution >= 4 is 5.95 Å². The van der Waals surface area contributed by atoms with Crippen LogP contribution in [0.1, 0.15) is 0 Å². The number of azide groups is 3. The lowest BCUT2D eigenvalue weighted by Crippen LogP contribution is -2.08. The van der Waals surface area contributed by atoms with Crippen LogP contribution in [0.15, 0.2) is 15.3 Å². The first-order chi connectivity index (χ1) is 10.3. The molecule has 21 heavy (non-hydrogen) atoms. The molecule has 14 heteroatoms. The summed E-state index contributed by atoms with van der Waals surface area (Å²) in [6.07, 6.45) is 0. The number of nitrogens with zero attached hydrogens (tertiary/aromatic N) is 12. The Labute approximate surface area is 116 Å². The van der Waals surface area contributed by atoms with Crippen molar-refractivity contribution in [3.8, 4) is 12.0 Å². The molecular formula is C7H8N12O2. The van der Waals surface area contributed by atoms with Gasteiger partial charge in [-0.2, -0.15) is 9.97 Å². The van der Waals surface area contributed by atoms with Gasteiger partial charge < -0.3 is 9.47 Å². The Morgan fingerprint density at radius 1 is 0.810 bits per heavy atom. The van der Waals surface area contributed by atoms with E-state index in [0.717, 1.165) is 0 Å². The van der Waals surface area contributed by atoms with Gasteiger partial charge in [0, 0.05) is 14.7 Å². The standard InChI is InChI=1S/C7H8N12O2/c8-17-11-1-3-20-6-13-5(16-19-10)14-7(15-6)21-4-2-12-18-9/h1-4H2. The van der Waals surface area contributed by atoms with Crippen molar-refractivity contribution in [3.05, 3.63) is 31.3 Å². The summed E-state index contributed by atoms with van der Waals surface area (Å²) in [4.78, 5) is 18.8. The van der Waals surface area contributed by atoms with Gasteiger partial charge in [-0.25, -0.2) is 0 Å². The lowest BCUT2D eigenvalue weighted by atomic mass is 10.7. The average molecular weight is 292 g/mol. The van der Waals surface area contributed by atoms with Gasteiger partial charge in [0.1, 0.15) is 0 Å². The fourth-order valence-electron chi connectivity index (χ4n) is 0.987. The highest BCUT2D eigenvalue weighted by atomic mass is 16.5. The van der Waals surface area contributed by atoms with Crippen molar-refractivity contribution in [2.45, 2.75) is 0 Å². The first kappa shape index (κ1) is 15.6. The molecule has 0 saturated heterocycles. The van der Waals surface area contributed by atoms with Gasteiger partial charge in [-0.1, -0.05) is 10.2 Å². The minimum atomic E-state index is -0.245. The van der Waals surface area contributed by atoms with Crippen LogP contribution < -0.4 is 9.47 Å². The predicted molar refractivity (Wildman–Crippen MR) is 67.6 cm³/mol. The molecule has 0 saturated carbocycles. The monoisotopic (exact) mass is 292 g/mol. The molecule has 0 aliphatic heterocycles. The molecule has 0 bridgehead atoms. The third-order valence-electron chi connectivity index (χ3n) is 1.69. The summed E-state index contributed by atoms with van der Waals surface area (Å²) in [5, 5.41) is 9.74. The minimum absolute atomic E-state index is 0.0297. The highest BCUT2D eigenvalue weighted by Gasteiger charge is 2.07. The minimum Gasteiger partial charge on any atom is -0.463 e. The van der Waals surface area contributed by atoms with Crippen molar-refractivity contribution in [2.75, 3.05) is 26.3 Å². The van der Waals surface area contributed by atoms with Crippen LogP contribution in [0.3, 0.4) is 0 Å². The van der Waals surface area contributed by atoms with E-state index in [2.05, 4.69) is 45.0 Å². The Balaban J connectivity index is 2.76. The first-order valence-corrected chi connectivity index (χ1v) is 5.38. The van der Waals surface area contributed by atoms with E-state index < -0.39 is 0 Å². The van der Waals surface area contributed by atoms with Gasteiger partial charge in [-0.15, -0.1) is 4.98 Å². The summed E-state index contributed by atoms with van der Waals surface area (Å²) in [6, 6.07) is -0.307. The van der Waals surface area contributed by atoms with E-state index in [0.29, 0.717) is 0 Å². The number of aromatic nitrogens is 3. The SMILES string of the molecule is [N-]=[N+]=NCCOc1nc(N=[N+]=[N-])nc(OCCN=[N+]=[N-])n1. The maximum absolute atomic E-state index is 8.36. The second kappa shape index (κ2) is 9.47. The number of ether oxygens (including phenoxy) is 2. The third-order valence-corrected chi connectivity index (χ3v) is 1.69. The van der Waals surface area contributed by atoms with Crippen LogP contribution in [-0.2, 0) is 0 Å². The number of rotatable bonds is 9. The Kier molecular flexibility index (Phi) is 7.03. The summed E-state index contributed by atoms with van der Waals surface area (Å²) in [6.45, 7) is 0.210. The van der Waals surface area contributed by atoms with Gasteiger partial charge in [-0.3, -0.25) is 0 Å². The Morgan fingerprint density at radius 2 is 1.33 bits per heavy atom. The zero-order valence-corrected chi connectivity index (χ0v) is 10.5. The molecule has 108 valence electrons. The second-order valence-corrected chi connectivity index (χ2v) is 3.00. The van der Waals surface area contributed by atoms with Crippen molar-refractivity contribution in [1.82, 2.24) is 15.0 Å². The fourth-order valence-corrected chi connectivity index (χ4v) is 0.987. The molecule has 0 aliphatic rings. The Hall–Kier alpha value is -3.46. The molecule has 14 nitrogen and oxygen atoms in total. The number of hydrogen-bond donors (Lipinski definition) is 0. The quantitative estimate of drug-likeness (QED) is 0.289. The normalized spacial score (nSPS) is 8.76. The molecule has 0 spiro atoms. The van der Waals surface area contributed by atoms with E-state index >= 15 is 0 Å². The van der Waals surface area contributed by atoms with Gasteiger partial charge in [0.25, 0.3) is 0 Å². The molecular weight excluding hydrogens is 284 g/mol. The largest absolute Gasteiger partial charge is 0.463 e. The first-order valence-electron chi connectivity index (χ1n) is 5.38. The lowest BCUT2D eigenvalue weighted by Gasteiger charge is -2.06. The molecule has 0 radical (unpaired) electrons. The van der Waals surface area contributed by atoms with E-state index in [1.54, 1.807) is 0 Å². The van der Waals surface area contributed by atoms with Gasteiger partial charge in [0.2, 0.25) is 5.95 Å². The Morgan fingerprint density at radius 3 is 1.76 bits per heavy atom. The van der Waals surface area contributed by atoms with E-state index in [1.807, 2.05) is 0 Å². The maximum Gasteiger partial charge on any atom is 0.323 e. The smallest absolute Gasteiger partial charge is 0.323 e. The van der Waals surface area contributed by atoms with Crippen molar-refractivity contribution in [3.63, 3.8) is 0 Å². The zero-order valence-electron chi connectivity index (χ0n) is 10.5. The molecule has 0 unspecified atom stereocenters. The van der Waals surface area contributed by atoms with Crippen LogP contribution in [0.2, 0.25) is 0 Å². The third kappa shape index (κ3) is 6.31. The van der Waals surface area contributed by atoms with Crippen LogP contribution in [-0.4, -0.2) is 41.3 Å². The van der Waals surface area contributed by atoms with Crippen molar-refractivity contribution in [2.24, 2.45) is 15.3 Å². The summed E-state index contributed by atoms with van der Waals surface area (Å²) < 4.78 is 10.2. The molecule has 0 aromatic carbocycles. The summed E-state index contributed by atoms with van der Waals surface area (Å²) >= 11 is 0. The van der Waals surface area contributed by atoms with Crippen molar-refractivity contribution < 1.29 is 9.47 Å². The number of hydrogen-bond acceptors (Lipinski definition) is 8. The highest BCUT2D eigenvalue weighted by molar-refractivity contribution is 5.19. The highest BCUT2D eigenvalue weighted by Crippen LogP contribution is 2.15.